The summed E-state index contributed by atoms with van der Waals surface area (Å²) in [5.74, 6) is 0.454. The fraction of sp³-hybridized carbons (Fsp3) is 0.714. The van der Waals surface area contributed by atoms with Gasteiger partial charge in [0.2, 0.25) is 0 Å². The molecule has 1 atom stereocenters. The number of piperidine rings is 1. The summed E-state index contributed by atoms with van der Waals surface area (Å²) in [4.78, 5) is 0. The Hall–Kier alpha value is -0.500. The molecule has 0 aromatic carbocycles. The van der Waals surface area contributed by atoms with Gasteiger partial charge < -0.3 is 10.4 Å². The summed E-state index contributed by atoms with van der Waals surface area (Å²) in [6.07, 6.45) is 2.10. The molecule has 9 heavy (non-hydrogen) atoms. The van der Waals surface area contributed by atoms with Crippen molar-refractivity contribution in [3.05, 3.63) is 12.3 Å². The average Bonchev–Trinajstić information content (AvgIpc) is 1.90. The Labute approximate surface area is 55.6 Å². The lowest BCUT2D eigenvalue weighted by Gasteiger charge is -2.22. The van der Waals surface area contributed by atoms with E-state index in [1.165, 1.54) is 0 Å². The molecule has 0 spiro atoms. The molecule has 1 heterocycles. The van der Waals surface area contributed by atoms with Gasteiger partial charge in [0.15, 0.2) is 0 Å². The van der Waals surface area contributed by atoms with E-state index in [2.05, 4.69) is 11.9 Å². The summed E-state index contributed by atoms with van der Waals surface area (Å²) in [5.41, 5.74) is 1.11. The molecule has 2 N–H and O–H groups in total. The number of nitrogens with one attached hydrogen (secondary N) is 1. The van der Waals surface area contributed by atoms with Crippen LogP contribution in [0.25, 0.3) is 0 Å². The highest BCUT2D eigenvalue weighted by Gasteiger charge is 2.12. The zero-order valence-corrected chi connectivity index (χ0v) is 5.56. The maximum atomic E-state index is 8.71. The van der Waals surface area contributed by atoms with Gasteiger partial charge in [-0.05, 0) is 18.8 Å². The molecular weight excluding hydrogens is 114 g/mol. The third-order valence-corrected chi connectivity index (χ3v) is 1.75. The molecule has 0 radical (unpaired) electrons. The van der Waals surface area contributed by atoms with Gasteiger partial charge in [-0.3, -0.25) is 0 Å². The zero-order chi connectivity index (χ0) is 6.69. The SMILES string of the molecule is C=C1CCC(CO)CN1. The van der Waals surface area contributed by atoms with Crippen LogP contribution in [0, 0.1) is 5.92 Å². The summed E-state index contributed by atoms with van der Waals surface area (Å²) in [7, 11) is 0. The first kappa shape index (κ1) is 6.62. The van der Waals surface area contributed by atoms with Crippen molar-refractivity contribution in [2.75, 3.05) is 13.2 Å². The lowest BCUT2D eigenvalue weighted by Crippen LogP contribution is -2.29. The highest BCUT2D eigenvalue weighted by molar-refractivity contribution is 4.95. The van der Waals surface area contributed by atoms with E-state index in [1.807, 2.05) is 0 Å². The molecule has 2 nitrogen and oxygen atoms in total. The van der Waals surface area contributed by atoms with Crippen molar-refractivity contribution in [1.82, 2.24) is 5.32 Å². The number of hydrogen-bond donors (Lipinski definition) is 2. The Morgan fingerprint density at radius 3 is 3.00 bits per heavy atom. The summed E-state index contributed by atoms with van der Waals surface area (Å²) < 4.78 is 0. The number of aliphatic hydroxyl groups is 1. The van der Waals surface area contributed by atoms with E-state index in [1.54, 1.807) is 0 Å². The average molecular weight is 127 g/mol. The van der Waals surface area contributed by atoms with Crippen molar-refractivity contribution in [2.45, 2.75) is 12.8 Å². The van der Waals surface area contributed by atoms with Crippen LogP contribution in [-0.2, 0) is 0 Å². The molecular formula is C7H13NO. The second kappa shape index (κ2) is 2.87. The first-order chi connectivity index (χ1) is 4.33. The van der Waals surface area contributed by atoms with Gasteiger partial charge in [0, 0.05) is 18.8 Å². The van der Waals surface area contributed by atoms with E-state index >= 15 is 0 Å². The Bertz CT molecular complexity index is 101. The molecule has 52 valence electrons. The fourth-order valence-corrected chi connectivity index (χ4v) is 1.01. The zero-order valence-electron chi connectivity index (χ0n) is 5.56. The van der Waals surface area contributed by atoms with Gasteiger partial charge in [0.1, 0.15) is 0 Å². The molecule has 0 saturated carbocycles. The molecule has 1 aliphatic rings. The van der Waals surface area contributed by atoms with E-state index < -0.39 is 0 Å². The molecule has 0 aliphatic carbocycles. The van der Waals surface area contributed by atoms with Crippen molar-refractivity contribution in [3.8, 4) is 0 Å². The van der Waals surface area contributed by atoms with Crippen LogP contribution in [0.3, 0.4) is 0 Å². The second-order valence-corrected chi connectivity index (χ2v) is 2.57. The van der Waals surface area contributed by atoms with Gasteiger partial charge in [0.05, 0.1) is 0 Å². The number of aliphatic hydroxyl groups excluding tert-OH is 1. The number of allylic oxidation sites excluding steroid dienone is 1. The highest BCUT2D eigenvalue weighted by atomic mass is 16.3. The largest absolute Gasteiger partial charge is 0.396 e. The van der Waals surface area contributed by atoms with Gasteiger partial charge in [-0.25, -0.2) is 0 Å². The van der Waals surface area contributed by atoms with Gasteiger partial charge in [-0.2, -0.15) is 0 Å². The molecule has 2 heteroatoms. The molecule has 0 amide bonds. The minimum atomic E-state index is 0.306. The van der Waals surface area contributed by atoms with E-state index in [0.29, 0.717) is 12.5 Å². The molecule has 1 aliphatic heterocycles. The Morgan fingerprint density at radius 1 is 1.78 bits per heavy atom. The van der Waals surface area contributed by atoms with Gasteiger partial charge >= 0.3 is 0 Å². The predicted octanol–water partition coefficient (Wildman–Crippen LogP) is 0.492. The van der Waals surface area contributed by atoms with E-state index in [9.17, 15) is 0 Å². The maximum Gasteiger partial charge on any atom is 0.0476 e. The molecule has 0 aromatic rings. The summed E-state index contributed by atoms with van der Waals surface area (Å²) in [5, 5.41) is 11.8. The third kappa shape index (κ3) is 1.72. The van der Waals surface area contributed by atoms with E-state index in [4.69, 9.17) is 5.11 Å². The first-order valence-electron chi connectivity index (χ1n) is 3.35. The summed E-state index contributed by atoms with van der Waals surface area (Å²) in [6, 6.07) is 0. The molecule has 0 bridgehead atoms. The lowest BCUT2D eigenvalue weighted by atomic mass is 9.99. The number of hydrogen-bond acceptors (Lipinski definition) is 2. The molecule has 1 fully saturated rings. The quantitative estimate of drug-likeness (QED) is 0.537. The van der Waals surface area contributed by atoms with Gasteiger partial charge in [-0.15, -0.1) is 0 Å². The fourth-order valence-electron chi connectivity index (χ4n) is 1.01. The normalized spacial score (nSPS) is 27.7. The van der Waals surface area contributed by atoms with Crippen LogP contribution in [0.2, 0.25) is 0 Å². The molecule has 0 aromatic heterocycles. The van der Waals surface area contributed by atoms with Gasteiger partial charge in [0.25, 0.3) is 0 Å². The van der Waals surface area contributed by atoms with E-state index in [0.717, 1.165) is 25.1 Å². The van der Waals surface area contributed by atoms with Crippen molar-refractivity contribution < 1.29 is 5.11 Å². The summed E-state index contributed by atoms with van der Waals surface area (Å²) >= 11 is 0. The highest BCUT2D eigenvalue weighted by Crippen LogP contribution is 2.13. The Morgan fingerprint density at radius 2 is 2.56 bits per heavy atom. The monoisotopic (exact) mass is 127 g/mol. The Kier molecular flexibility index (Phi) is 2.11. The van der Waals surface area contributed by atoms with Crippen molar-refractivity contribution in [3.63, 3.8) is 0 Å². The standard InChI is InChI=1S/C7H13NO/c1-6-2-3-7(5-9)4-8-6/h7-9H,1-5H2. The van der Waals surface area contributed by atoms with Crippen molar-refractivity contribution >= 4 is 0 Å². The minimum absolute atomic E-state index is 0.306. The van der Waals surface area contributed by atoms with Gasteiger partial charge in [-0.1, -0.05) is 6.58 Å². The smallest absolute Gasteiger partial charge is 0.0476 e. The minimum Gasteiger partial charge on any atom is -0.396 e. The molecule has 1 unspecified atom stereocenters. The first-order valence-corrected chi connectivity index (χ1v) is 3.35. The van der Waals surface area contributed by atoms with Crippen molar-refractivity contribution in [1.29, 1.82) is 0 Å². The van der Waals surface area contributed by atoms with Crippen LogP contribution in [-0.4, -0.2) is 18.3 Å². The lowest BCUT2D eigenvalue weighted by molar-refractivity contribution is 0.207. The van der Waals surface area contributed by atoms with Crippen LogP contribution in [0.1, 0.15) is 12.8 Å². The number of rotatable bonds is 1. The second-order valence-electron chi connectivity index (χ2n) is 2.57. The van der Waals surface area contributed by atoms with Crippen LogP contribution >= 0.6 is 0 Å². The molecule has 1 rings (SSSR count). The topological polar surface area (TPSA) is 32.3 Å². The predicted molar refractivity (Wildman–Crippen MR) is 37.0 cm³/mol. The molecule has 1 saturated heterocycles. The van der Waals surface area contributed by atoms with Crippen LogP contribution < -0.4 is 5.32 Å². The van der Waals surface area contributed by atoms with Crippen LogP contribution in [0.15, 0.2) is 12.3 Å². The van der Waals surface area contributed by atoms with Crippen LogP contribution in [0.4, 0.5) is 0 Å². The Balaban J connectivity index is 2.26. The van der Waals surface area contributed by atoms with E-state index in [-0.39, 0.29) is 0 Å². The van der Waals surface area contributed by atoms with Crippen LogP contribution in [0.5, 0.6) is 0 Å². The third-order valence-electron chi connectivity index (χ3n) is 1.75. The summed E-state index contributed by atoms with van der Waals surface area (Å²) in [6.45, 7) is 4.99. The maximum absolute atomic E-state index is 8.71. The van der Waals surface area contributed by atoms with Crippen molar-refractivity contribution in [2.24, 2.45) is 5.92 Å².